The van der Waals surface area contributed by atoms with E-state index in [1.165, 1.54) is 11.8 Å². The molecule has 1 fully saturated rings. The Bertz CT molecular complexity index is 608. The highest BCUT2D eigenvalue weighted by Gasteiger charge is 2.40. The van der Waals surface area contributed by atoms with Gasteiger partial charge in [-0.1, -0.05) is 18.7 Å². The zero-order chi connectivity index (χ0) is 17.7. The summed E-state index contributed by atoms with van der Waals surface area (Å²) in [6, 6.07) is 3.03. The molecule has 1 aromatic heterocycles. The number of amides is 1. The second kappa shape index (κ2) is 8.28. The molecule has 0 spiro atoms. The standard InChI is InChI=1S/C17H22N2O4S/c1-11(10-24-12(2)20)16(21)19-9-14(8-15(19)17(22)23)7-13-3-5-18-6-4-13/h3-6,11,14-15H,7-10H2,1-2H3,(H,22,23)/t11?,14?,15-/m0/s1. The topological polar surface area (TPSA) is 87.6 Å². The third kappa shape index (κ3) is 4.80. The fraction of sp³-hybridized carbons (Fsp3) is 0.529. The smallest absolute Gasteiger partial charge is 0.326 e. The van der Waals surface area contributed by atoms with Crippen molar-refractivity contribution in [2.45, 2.75) is 32.7 Å². The second-order valence-corrected chi connectivity index (χ2v) is 7.41. The predicted molar refractivity (Wildman–Crippen MR) is 91.5 cm³/mol. The SMILES string of the molecule is CC(=O)SCC(C)C(=O)N1CC(Cc2ccncc2)C[C@H]1C(=O)O. The molecule has 0 aliphatic carbocycles. The van der Waals surface area contributed by atoms with Gasteiger partial charge in [0.2, 0.25) is 5.91 Å². The molecule has 6 nitrogen and oxygen atoms in total. The number of rotatable bonds is 6. The first-order chi connectivity index (χ1) is 11.4. The van der Waals surface area contributed by atoms with Crippen molar-refractivity contribution in [1.29, 1.82) is 0 Å². The molecule has 2 rings (SSSR count). The molecule has 2 unspecified atom stereocenters. The molecular formula is C17H22N2O4S. The van der Waals surface area contributed by atoms with Crippen LogP contribution in [0, 0.1) is 11.8 Å². The lowest BCUT2D eigenvalue weighted by Crippen LogP contribution is -2.43. The van der Waals surface area contributed by atoms with E-state index in [-0.39, 0.29) is 22.9 Å². The Labute approximate surface area is 145 Å². The summed E-state index contributed by atoms with van der Waals surface area (Å²) in [6.07, 6.45) is 4.61. The first kappa shape index (κ1) is 18.4. The summed E-state index contributed by atoms with van der Waals surface area (Å²) in [7, 11) is 0. The van der Waals surface area contributed by atoms with Crippen LogP contribution >= 0.6 is 11.8 Å². The Hall–Kier alpha value is -1.89. The molecule has 1 amide bonds. The average molecular weight is 350 g/mol. The summed E-state index contributed by atoms with van der Waals surface area (Å²) in [5.41, 5.74) is 1.09. The lowest BCUT2D eigenvalue weighted by molar-refractivity contribution is -0.149. The van der Waals surface area contributed by atoms with Gasteiger partial charge in [-0.15, -0.1) is 0 Å². The molecule has 1 N–H and O–H groups in total. The van der Waals surface area contributed by atoms with Crippen LogP contribution < -0.4 is 0 Å². The molecule has 0 radical (unpaired) electrons. The third-order valence-corrected chi connectivity index (χ3v) is 5.26. The van der Waals surface area contributed by atoms with Crippen LogP contribution in [0.2, 0.25) is 0 Å². The van der Waals surface area contributed by atoms with Crippen LogP contribution in [-0.2, 0) is 20.8 Å². The molecular weight excluding hydrogens is 328 g/mol. The van der Waals surface area contributed by atoms with Gasteiger partial charge in [0.1, 0.15) is 6.04 Å². The maximum atomic E-state index is 12.6. The molecule has 24 heavy (non-hydrogen) atoms. The zero-order valence-corrected chi connectivity index (χ0v) is 14.7. The molecule has 130 valence electrons. The highest BCUT2D eigenvalue weighted by Crippen LogP contribution is 2.28. The van der Waals surface area contributed by atoms with Crippen LogP contribution in [0.15, 0.2) is 24.5 Å². The van der Waals surface area contributed by atoms with Crippen LogP contribution in [0.3, 0.4) is 0 Å². The number of carboxylic acid groups (broad SMARTS) is 1. The molecule has 1 aliphatic heterocycles. The minimum Gasteiger partial charge on any atom is -0.480 e. The van der Waals surface area contributed by atoms with Gasteiger partial charge in [-0.3, -0.25) is 14.6 Å². The number of aromatic nitrogens is 1. The van der Waals surface area contributed by atoms with Gasteiger partial charge in [0.15, 0.2) is 5.12 Å². The van der Waals surface area contributed by atoms with Gasteiger partial charge in [0.05, 0.1) is 0 Å². The monoisotopic (exact) mass is 350 g/mol. The van der Waals surface area contributed by atoms with Crippen LogP contribution in [-0.4, -0.2) is 50.3 Å². The number of hydrogen-bond donors (Lipinski definition) is 1. The van der Waals surface area contributed by atoms with Crippen molar-refractivity contribution in [3.8, 4) is 0 Å². The van der Waals surface area contributed by atoms with Crippen LogP contribution in [0.4, 0.5) is 0 Å². The van der Waals surface area contributed by atoms with E-state index in [0.29, 0.717) is 18.7 Å². The van der Waals surface area contributed by atoms with Gasteiger partial charge in [0.25, 0.3) is 0 Å². The van der Waals surface area contributed by atoms with Gasteiger partial charge in [0, 0.05) is 37.5 Å². The maximum absolute atomic E-state index is 12.6. The molecule has 3 atom stereocenters. The van der Waals surface area contributed by atoms with E-state index in [0.717, 1.165) is 23.7 Å². The average Bonchev–Trinajstić information content (AvgIpc) is 2.96. The number of aliphatic carboxylic acids is 1. The van der Waals surface area contributed by atoms with E-state index in [2.05, 4.69) is 4.98 Å². The van der Waals surface area contributed by atoms with Crippen LogP contribution in [0.25, 0.3) is 0 Å². The number of likely N-dealkylation sites (tertiary alicyclic amines) is 1. The van der Waals surface area contributed by atoms with Crippen molar-refractivity contribution in [2.24, 2.45) is 11.8 Å². The predicted octanol–water partition coefficient (Wildman–Crippen LogP) is 1.84. The van der Waals surface area contributed by atoms with E-state index < -0.39 is 12.0 Å². The number of carbonyl (C=O) groups excluding carboxylic acids is 2. The van der Waals surface area contributed by atoms with Crippen molar-refractivity contribution >= 4 is 28.8 Å². The van der Waals surface area contributed by atoms with E-state index >= 15 is 0 Å². The van der Waals surface area contributed by atoms with Crippen molar-refractivity contribution in [3.05, 3.63) is 30.1 Å². The maximum Gasteiger partial charge on any atom is 0.326 e. The summed E-state index contributed by atoms with van der Waals surface area (Å²) in [4.78, 5) is 40.6. The second-order valence-electron chi connectivity index (χ2n) is 6.21. The Morgan fingerprint density at radius 2 is 2.04 bits per heavy atom. The van der Waals surface area contributed by atoms with Gasteiger partial charge in [-0.2, -0.15) is 0 Å². The lowest BCUT2D eigenvalue weighted by Gasteiger charge is -2.24. The first-order valence-corrected chi connectivity index (χ1v) is 8.92. The molecule has 0 bridgehead atoms. The lowest BCUT2D eigenvalue weighted by atomic mass is 9.97. The van der Waals surface area contributed by atoms with Crippen molar-refractivity contribution < 1.29 is 19.5 Å². The molecule has 7 heteroatoms. The Morgan fingerprint density at radius 3 is 2.62 bits per heavy atom. The molecule has 1 aliphatic rings. The number of thioether (sulfide) groups is 1. The summed E-state index contributed by atoms with van der Waals surface area (Å²) in [5.74, 6) is -1.03. The van der Waals surface area contributed by atoms with E-state index in [1.54, 1.807) is 19.3 Å². The fourth-order valence-corrected chi connectivity index (χ4v) is 3.62. The first-order valence-electron chi connectivity index (χ1n) is 7.94. The highest BCUT2D eigenvalue weighted by molar-refractivity contribution is 8.13. The number of hydrogen-bond acceptors (Lipinski definition) is 5. The van der Waals surface area contributed by atoms with Gasteiger partial charge in [-0.25, -0.2) is 4.79 Å². The van der Waals surface area contributed by atoms with E-state index in [9.17, 15) is 19.5 Å². The number of pyridine rings is 1. The Kier molecular flexibility index (Phi) is 6.36. The summed E-state index contributed by atoms with van der Waals surface area (Å²) in [6.45, 7) is 3.64. The molecule has 0 saturated carbocycles. The third-order valence-electron chi connectivity index (χ3n) is 4.19. The molecule has 1 aromatic rings. The van der Waals surface area contributed by atoms with E-state index in [1.807, 2.05) is 12.1 Å². The number of nitrogens with zero attached hydrogens (tertiary/aromatic N) is 2. The normalized spacial score (nSPS) is 21.5. The summed E-state index contributed by atoms with van der Waals surface area (Å²) < 4.78 is 0. The van der Waals surface area contributed by atoms with Crippen molar-refractivity contribution in [3.63, 3.8) is 0 Å². The Balaban J connectivity index is 2.03. The van der Waals surface area contributed by atoms with Crippen molar-refractivity contribution in [1.82, 2.24) is 9.88 Å². The number of carbonyl (C=O) groups is 3. The Morgan fingerprint density at radius 1 is 1.38 bits per heavy atom. The zero-order valence-electron chi connectivity index (χ0n) is 13.8. The van der Waals surface area contributed by atoms with Crippen LogP contribution in [0.5, 0.6) is 0 Å². The molecule has 1 saturated heterocycles. The fourth-order valence-electron chi connectivity index (χ4n) is 3.00. The molecule has 0 aromatic carbocycles. The highest BCUT2D eigenvalue weighted by atomic mass is 32.2. The molecule has 2 heterocycles. The summed E-state index contributed by atoms with van der Waals surface area (Å²) >= 11 is 1.10. The quantitative estimate of drug-likeness (QED) is 0.842. The number of carboxylic acids is 1. The minimum absolute atomic E-state index is 0.0404. The van der Waals surface area contributed by atoms with Gasteiger partial charge in [-0.05, 0) is 36.5 Å². The van der Waals surface area contributed by atoms with E-state index in [4.69, 9.17) is 0 Å². The van der Waals surface area contributed by atoms with Gasteiger partial charge >= 0.3 is 5.97 Å². The largest absolute Gasteiger partial charge is 0.480 e. The minimum atomic E-state index is -0.966. The van der Waals surface area contributed by atoms with Crippen molar-refractivity contribution in [2.75, 3.05) is 12.3 Å². The van der Waals surface area contributed by atoms with Gasteiger partial charge < -0.3 is 10.0 Å². The van der Waals surface area contributed by atoms with Crippen LogP contribution in [0.1, 0.15) is 25.8 Å². The summed E-state index contributed by atoms with van der Waals surface area (Å²) in [5, 5.41) is 9.41.